The van der Waals surface area contributed by atoms with Gasteiger partial charge < -0.3 is 14.4 Å². The van der Waals surface area contributed by atoms with Crippen LogP contribution in [0, 0.1) is 17.2 Å². The summed E-state index contributed by atoms with van der Waals surface area (Å²) >= 11 is 0. The first-order valence-electron chi connectivity index (χ1n) is 7.70. The van der Waals surface area contributed by atoms with Crippen molar-refractivity contribution in [2.45, 2.75) is 25.7 Å². The van der Waals surface area contributed by atoms with Crippen LogP contribution in [-0.4, -0.2) is 37.6 Å². The van der Waals surface area contributed by atoms with Crippen molar-refractivity contribution >= 4 is 5.91 Å². The van der Waals surface area contributed by atoms with Crippen molar-refractivity contribution in [3.63, 3.8) is 0 Å². The molecule has 1 aliphatic rings. The van der Waals surface area contributed by atoms with Crippen molar-refractivity contribution in [2.24, 2.45) is 5.92 Å². The first-order valence-corrected chi connectivity index (χ1v) is 7.70. The van der Waals surface area contributed by atoms with Gasteiger partial charge in [0.05, 0.1) is 19.8 Å². The molecule has 118 valence electrons. The number of carbonyl (C=O) groups is 1. The fourth-order valence-corrected chi connectivity index (χ4v) is 2.57. The predicted molar refractivity (Wildman–Crippen MR) is 82.6 cm³/mol. The maximum atomic E-state index is 12.2. The van der Waals surface area contributed by atoms with Crippen LogP contribution in [-0.2, 0) is 4.79 Å². The average Bonchev–Trinajstić information content (AvgIpc) is 3.09. The summed E-state index contributed by atoms with van der Waals surface area (Å²) in [6.07, 6.45) is 3.30. The number of carbonyl (C=O) groups excluding carboxylic acids is 1. The van der Waals surface area contributed by atoms with Crippen molar-refractivity contribution in [3.05, 3.63) is 24.3 Å². The lowest BCUT2D eigenvalue weighted by Crippen LogP contribution is -2.33. The predicted octanol–water partition coefficient (Wildman–Crippen LogP) is 2.62. The molecule has 1 aromatic rings. The lowest BCUT2D eigenvalue weighted by Gasteiger charge is -2.18. The van der Waals surface area contributed by atoms with E-state index in [9.17, 15) is 10.1 Å². The van der Waals surface area contributed by atoms with Crippen LogP contribution in [0.3, 0.4) is 0 Å². The van der Waals surface area contributed by atoms with Crippen LogP contribution < -0.4 is 9.47 Å². The summed E-state index contributed by atoms with van der Waals surface area (Å²) in [5.41, 5.74) is 0. The van der Waals surface area contributed by atoms with E-state index in [-0.39, 0.29) is 5.91 Å². The second-order valence-corrected chi connectivity index (χ2v) is 5.38. The normalized spacial score (nSPS) is 15.2. The molecule has 5 heteroatoms. The molecule has 2 rings (SSSR count). The SMILES string of the molecule is COc1cccc(OCCCC(C#N)C(=O)N2CCCC2)c1. The highest BCUT2D eigenvalue weighted by molar-refractivity contribution is 5.81. The number of ether oxygens (including phenoxy) is 2. The highest BCUT2D eigenvalue weighted by atomic mass is 16.5. The molecule has 1 atom stereocenters. The Morgan fingerprint density at radius 2 is 2.09 bits per heavy atom. The van der Waals surface area contributed by atoms with Gasteiger partial charge in [-0.1, -0.05) is 6.07 Å². The number of hydrogen-bond acceptors (Lipinski definition) is 4. The summed E-state index contributed by atoms with van der Waals surface area (Å²) in [6, 6.07) is 9.52. The van der Waals surface area contributed by atoms with Gasteiger partial charge in [-0.05, 0) is 37.8 Å². The molecule has 0 bridgehead atoms. The zero-order valence-corrected chi connectivity index (χ0v) is 13.0. The first-order chi connectivity index (χ1) is 10.7. The largest absolute Gasteiger partial charge is 0.497 e. The summed E-state index contributed by atoms with van der Waals surface area (Å²) in [4.78, 5) is 14.0. The minimum atomic E-state index is -0.549. The second kappa shape index (κ2) is 8.28. The smallest absolute Gasteiger partial charge is 0.239 e. The van der Waals surface area contributed by atoms with Crippen LogP contribution in [0.25, 0.3) is 0 Å². The summed E-state index contributed by atoms with van der Waals surface area (Å²) in [5, 5.41) is 9.19. The van der Waals surface area contributed by atoms with Crippen LogP contribution in [0.5, 0.6) is 11.5 Å². The van der Waals surface area contributed by atoms with E-state index in [1.165, 1.54) is 0 Å². The monoisotopic (exact) mass is 302 g/mol. The zero-order valence-electron chi connectivity index (χ0n) is 13.0. The first kappa shape index (κ1) is 16.2. The number of benzene rings is 1. The highest BCUT2D eigenvalue weighted by Crippen LogP contribution is 2.20. The van der Waals surface area contributed by atoms with Gasteiger partial charge in [0.25, 0.3) is 0 Å². The number of likely N-dealkylation sites (tertiary alicyclic amines) is 1. The third kappa shape index (κ3) is 4.39. The third-order valence-electron chi connectivity index (χ3n) is 3.82. The van der Waals surface area contributed by atoms with Gasteiger partial charge in [-0.15, -0.1) is 0 Å². The molecule has 1 heterocycles. The average molecular weight is 302 g/mol. The minimum absolute atomic E-state index is 0.0265. The molecule has 0 aromatic heterocycles. The van der Waals surface area contributed by atoms with Gasteiger partial charge >= 0.3 is 0 Å². The fraction of sp³-hybridized carbons (Fsp3) is 0.529. The Balaban J connectivity index is 1.74. The van der Waals surface area contributed by atoms with E-state index in [0.717, 1.165) is 37.4 Å². The Morgan fingerprint density at radius 1 is 1.36 bits per heavy atom. The maximum Gasteiger partial charge on any atom is 0.239 e. The second-order valence-electron chi connectivity index (χ2n) is 5.38. The molecule has 1 unspecified atom stereocenters. The molecular weight excluding hydrogens is 280 g/mol. The highest BCUT2D eigenvalue weighted by Gasteiger charge is 2.25. The van der Waals surface area contributed by atoms with Crippen molar-refractivity contribution in [3.8, 4) is 17.6 Å². The summed E-state index contributed by atoms with van der Waals surface area (Å²) in [6.45, 7) is 2.06. The molecule has 1 aromatic carbocycles. The maximum absolute atomic E-state index is 12.2. The lowest BCUT2D eigenvalue weighted by molar-refractivity contribution is -0.132. The van der Waals surface area contributed by atoms with Crippen LogP contribution in [0.1, 0.15) is 25.7 Å². The molecule has 0 N–H and O–H groups in total. The molecule has 5 nitrogen and oxygen atoms in total. The zero-order chi connectivity index (χ0) is 15.8. The summed E-state index contributed by atoms with van der Waals surface area (Å²) in [5.74, 6) is 0.906. The summed E-state index contributed by atoms with van der Waals surface area (Å²) < 4.78 is 10.8. The molecule has 0 saturated carbocycles. The van der Waals surface area contributed by atoms with Crippen molar-refractivity contribution in [1.29, 1.82) is 5.26 Å². The van der Waals surface area contributed by atoms with E-state index < -0.39 is 5.92 Å². The molecule has 1 saturated heterocycles. The topological polar surface area (TPSA) is 62.6 Å². The van der Waals surface area contributed by atoms with Gasteiger partial charge in [-0.25, -0.2) is 0 Å². The number of hydrogen-bond donors (Lipinski definition) is 0. The Labute approximate surface area is 131 Å². The van der Waals surface area contributed by atoms with Crippen molar-refractivity contribution in [1.82, 2.24) is 4.90 Å². The van der Waals surface area contributed by atoms with Crippen LogP contribution in [0.2, 0.25) is 0 Å². The van der Waals surface area contributed by atoms with E-state index >= 15 is 0 Å². The van der Waals surface area contributed by atoms with E-state index in [1.54, 1.807) is 12.0 Å². The molecule has 1 fully saturated rings. The minimum Gasteiger partial charge on any atom is -0.497 e. The van der Waals surface area contributed by atoms with Gasteiger partial charge in [0.1, 0.15) is 17.4 Å². The fourth-order valence-electron chi connectivity index (χ4n) is 2.57. The molecule has 0 aliphatic carbocycles. The van der Waals surface area contributed by atoms with Gasteiger partial charge in [0.2, 0.25) is 5.91 Å². The summed E-state index contributed by atoms with van der Waals surface area (Å²) in [7, 11) is 1.61. The quantitative estimate of drug-likeness (QED) is 0.726. The molecule has 22 heavy (non-hydrogen) atoms. The molecular formula is C17H22N2O3. The Morgan fingerprint density at radius 3 is 2.77 bits per heavy atom. The van der Waals surface area contributed by atoms with Crippen molar-refractivity contribution in [2.75, 3.05) is 26.8 Å². The van der Waals surface area contributed by atoms with Crippen LogP contribution in [0.4, 0.5) is 0 Å². The van der Waals surface area contributed by atoms with Gasteiger partial charge in [-0.3, -0.25) is 4.79 Å². The van der Waals surface area contributed by atoms with Crippen LogP contribution in [0.15, 0.2) is 24.3 Å². The van der Waals surface area contributed by atoms with Crippen LogP contribution >= 0.6 is 0 Å². The van der Waals surface area contributed by atoms with E-state index in [0.29, 0.717) is 19.4 Å². The molecule has 1 aliphatic heterocycles. The Hall–Kier alpha value is -2.22. The van der Waals surface area contributed by atoms with Gasteiger partial charge in [0.15, 0.2) is 0 Å². The third-order valence-corrected chi connectivity index (χ3v) is 3.82. The number of amides is 1. The number of methoxy groups -OCH3 is 1. The van der Waals surface area contributed by atoms with E-state index in [1.807, 2.05) is 24.3 Å². The van der Waals surface area contributed by atoms with Gasteiger partial charge in [-0.2, -0.15) is 5.26 Å². The van der Waals surface area contributed by atoms with E-state index in [4.69, 9.17) is 9.47 Å². The molecule has 1 amide bonds. The molecule has 0 radical (unpaired) electrons. The standard InChI is InChI=1S/C17H22N2O3/c1-21-15-7-4-8-16(12-15)22-11-5-6-14(13-18)17(20)19-9-2-3-10-19/h4,7-8,12,14H,2-3,5-6,9-11H2,1H3. The lowest BCUT2D eigenvalue weighted by atomic mass is 10.0. The van der Waals surface area contributed by atoms with Crippen molar-refractivity contribution < 1.29 is 14.3 Å². The Kier molecular flexibility index (Phi) is 6.08. The number of nitriles is 1. The van der Waals surface area contributed by atoms with Gasteiger partial charge in [0, 0.05) is 19.2 Å². The Bertz CT molecular complexity index is 533. The number of rotatable bonds is 7. The van der Waals surface area contributed by atoms with E-state index in [2.05, 4.69) is 6.07 Å². The number of nitrogens with zero attached hydrogens (tertiary/aromatic N) is 2. The molecule has 0 spiro atoms.